The number of alkyl carbamates (subject to hydrolysis) is 1. The zero-order valence-corrected chi connectivity index (χ0v) is 18.0. The standard InChI is InChI=1S/C22H33NO6/c1-21(2,3)29-20(24)23-16-13-17(19-18(16)27-22(4,5)28-19)26-12-11-25-14-15-9-7-6-8-10-15/h6-10,16-19H,11-14H2,1-5H3,(H,23,24)/t16-,17+,18+,19-/m1/s1. The number of hydrogen-bond donors (Lipinski definition) is 1. The third-order valence-electron chi connectivity index (χ3n) is 4.79. The van der Waals surface area contributed by atoms with Crippen molar-refractivity contribution in [3.8, 4) is 0 Å². The largest absolute Gasteiger partial charge is 0.444 e. The Hall–Kier alpha value is -1.67. The van der Waals surface area contributed by atoms with Crippen LogP contribution in [-0.4, -0.2) is 55.0 Å². The second kappa shape index (κ2) is 9.00. The number of rotatable bonds is 7. The molecule has 2 fully saturated rings. The lowest BCUT2D eigenvalue weighted by Gasteiger charge is -2.25. The first-order chi connectivity index (χ1) is 13.6. The highest BCUT2D eigenvalue weighted by Gasteiger charge is 2.55. The van der Waals surface area contributed by atoms with E-state index in [2.05, 4.69) is 5.32 Å². The molecule has 0 spiro atoms. The Balaban J connectivity index is 1.49. The number of carbonyl (C=O) groups excluding carboxylic acids is 1. The molecule has 3 rings (SSSR count). The first-order valence-electron chi connectivity index (χ1n) is 10.2. The molecular weight excluding hydrogens is 374 g/mol. The van der Waals surface area contributed by atoms with E-state index < -0.39 is 17.5 Å². The molecule has 1 amide bonds. The summed E-state index contributed by atoms with van der Waals surface area (Å²) in [4.78, 5) is 12.2. The molecular formula is C22H33NO6. The van der Waals surface area contributed by atoms with Gasteiger partial charge in [-0.1, -0.05) is 30.3 Å². The van der Waals surface area contributed by atoms with Gasteiger partial charge in [0.15, 0.2) is 5.79 Å². The summed E-state index contributed by atoms with van der Waals surface area (Å²) in [5, 5.41) is 2.92. The maximum atomic E-state index is 12.2. The van der Waals surface area contributed by atoms with E-state index in [0.717, 1.165) is 5.56 Å². The average molecular weight is 408 g/mol. The van der Waals surface area contributed by atoms with Crippen LogP contribution in [0.5, 0.6) is 0 Å². The van der Waals surface area contributed by atoms with Crippen molar-refractivity contribution in [3.63, 3.8) is 0 Å². The Bertz CT molecular complexity index is 672. The molecule has 2 aliphatic rings. The van der Waals surface area contributed by atoms with Crippen LogP contribution in [0, 0.1) is 0 Å². The summed E-state index contributed by atoms with van der Waals surface area (Å²) in [6.07, 6.45) is -0.543. The Labute approximate surface area is 173 Å². The van der Waals surface area contributed by atoms with Crippen molar-refractivity contribution < 1.29 is 28.5 Å². The number of amides is 1. The molecule has 7 nitrogen and oxygen atoms in total. The first-order valence-corrected chi connectivity index (χ1v) is 10.2. The molecule has 7 heteroatoms. The number of benzene rings is 1. The van der Waals surface area contributed by atoms with Gasteiger partial charge in [-0.15, -0.1) is 0 Å². The second-order valence-electron chi connectivity index (χ2n) is 9.00. The van der Waals surface area contributed by atoms with E-state index >= 15 is 0 Å². The molecule has 4 atom stereocenters. The van der Waals surface area contributed by atoms with Crippen molar-refractivity contribution in [1.82, 2.24) is 5.32 Å². The molecule has 1 aromatic carbocycles. The fraction of sp³-hybridized carbons (Fsp3) is 0.682. The number of carbonyl (C=O) groups is 1. The van der Waals surface area contributed by atoms with E-state index in [-0.39, 0.29) is 24.4 Å². The number of fused-ring (bicyclic) bond motifs is 1. The molecule has 0 aromatic heterocycles. The molecule has 1 N–H and O–H groups in total. The highest BCUT2D eigenvalue weighted by atomic mass is 16.8. The SMILES string of the molecule is CC(C)(C)OC(=O)N[C@@H]1C[C@H](OCCOCc2ccccc2)[C@H]2OC(C)(C)O[C@H]21. The van der Waals surface area contributed by atoms with Gasteiger partial charge in [-0.25, -0.2) is 4.79 Å². The van der Waals surface area contributed by atoms with Gasteiger partial charge in [-0.05, 0) is 46.6 Å². The van der Waals surface area contributed by atoms with Crippen molar-refractivity contribution in [2.24, 2.45) is 0 Å². The third kappa shape index (κ3) is 6.40. The molecule has 1 saturated carbocycles. The molecule has 29 heavy (non-hydrogen) atoms. The van der Waals surface area contributed by atoms with Crippen LogP contribution in [0.2, 0.25) is 0 Å². The predicted molar refractivity (Wildman–Crippen MR) is 107 cm³/mol. The molecule has 1 aliphatic carbocycles. The summed E-state index contributed by atoms with van der Waals surface area (Å²) in [6.45, 7) is 10.7. The van der Waals surface area contributed by atoms with Gasteiger partial charge >= 0.3 is 6.09 Å². The van der Waals surface area contributed by atoms with Crippen LogP contribution < -0.4 is 5.32 Å². The molecule has 1 aliphatic heterocycles. The Morgan fingerprint density at radius 1 is 1.14 bits per heavy atom. The van der Waals surface area contributed by atoms with Gasteiger partial charge in [0.1, 0.15) is 17.8 Å². The minimum absolute atomic E-state index is 0.179. The van der Waals surface area contributed by atoms with Gasteiger partial charge in [0.05, 0.1) is 32.0 Å². The minimum atomic E-state index is -0.713. The summed E-state index contributed by atoms with van der Waals surface area (Å²) in [6, 6.07) is 9.79. The van der Waals surface area contributed by atoms with Crippen LogP contribution in [0.4, 0.5) is 4.79 Å². The number of hydrogen-bond acceptors (Lipinski definition) is 6. The molecule has 0 radical (unpaired) electrons. The first kappa shape index (κ1) is 22.0. The lowest BCUT2D eigenvalue weighted by atomic mass is 10.2. The van der Waals surface area contributed by atoms with Crippen molar-refractivity contribution >= 4 is 6.09 Å². The fourth-order valence-electron chi connectivity index (χ4n) is 3.72. The molecule has 0 bridgehead atoms. The van der Waals surface area contributed by atoms with Crippen molar-refractivity contribution in [2.45, 2.75) is 83.4 Å². The molecule has 1 heterocycles. The van der Waals surface area contributed by atoms with E-state index in [1.807, 2.05) is 65.0 Å². The fourth-order valence-corrected chi connectivity index (χ4v) is 3.72. The van der Waals surface area contributed by atoms with Crippen molar-refractivity contribution in [3.05, 3.63) is 35.9 Å². The molecule has 162 valence electrons. The summed E-state index contributed by atoms with van der Waals surface area (Å²) in [5.74, 6) is -0.713. The van der Waals surface area contributed by atoms with Gasteiger partial charge in [0.25, 0.3) is 0 Å². The minimum Gasteiger partial charge on any atom is -0.444 e. The maximum Gasteiger partial charge on any atom is 0.407 e. The summed E-state index contributed by atoms with van der Waals surface area (Å²) < 4.78 is 29.2. The average Bonchev–Trinajstić information content (AvgIpc) is 3.08. The van der Waals surface area contributed by atoms with Crippen molar-refractivity contribution in [1.29, 1.82) is 0 Å². The summed E-state index contributed by atoms with van der Waals surface area (Å²) in [7, 11) is 0. The second-order valence-corrected chi connectivity index (χ2v) is 9.00. The summed E-state index contributed by atoms with van der Waals surface area (Å²) in [5.41, 5.74) is 0.574. The predicted octanol–water partition coefficient (Wildman–Crippen LogP) is 3.41. The van der Waals surface area contributed by atoms with Crippen LogP contribution >= 0.6 is 0 Å². The maximum absolute atomic E-state index is 12.2. The molecule has 0 unspecified atom stereocenters. The Morgan fingerprint density at radius 3 is 2.52 bits per heavy atom. The van der Waals surface area contributed by atoms with Gasteiger partial charge in [0, 0.05) is 0 Å². The third-order valence-corrected chi connectivity index (χ3v) is 4.79. The lowest BCUT2D eigenvalue weighted by molar-refractivity contribution is -0.169. The zero-order chi connectivity index (χ0) is 21.1. The Morgan fingerprint density at radius 2 is 1.83 bits per heavy atom. The van der Waals surface area contributed by atoms with Gasteiger partial charge < -0.3 is 29.0 Å². The van der Waals surface area contributed by atoms with Crippen LogP contribution in [0.25, 0.3) is 0 Å². The van der Waals surface area contributed by atoms with E-state index in [1.165, 1.54) is 0 Å². The van der Waals surface area contributed by atoms with E-state index in [0.29, 0.717) is 26.2 Å². The van der Waals surface area contributed by atoms with Crippen molar-refractivity contribution in [2.75, 3.05) is 13.2 Å². The van der Waals surface area contributed by atoms with Crippen LogP contribution in [-0.2, 0) is 30.3 Å². The molecule has 1 saturated heterocycles. The normalized spacial score (nSPS) is 28.2. The smallest absolute Gasteiger partial charge is 0.407 e. The van der Waals surface area contributed by atoms with E-state index in [9.17, 15) is 4.79 Å². The molecule has 1 aromatic rings. The van der Waals surface area contributed by atoms with Gasteiger partial charge in [-0.2, -0.15) is 0 Å². The van der Waals surface area contributed by atoms with E-state index in [4.69, 9.17) is 23.7 Å². The Kier molecular flexibility index (Phi) is 6.83. The van der Waals surface area contributed by atoms with Crippen LogP contribution in [0.15, 0.2) is 30.3 Å². The number of ether oxygens (including phenoxy) is 5. The topological polar surface area (TPSA) is 75.3 Å². The van der Waals surface area contributed by atoms with E-state index in [1.54, 1.807) is 0 Å². The monoisotopic (exact) mass is 407 g/mol. The lowest BCUT2D eigenvalue weighted by Crippen LogP contribution is -2.45. The summed E-state index contributed by atoms with van der Waals surface area (Å²) >= 11 is 0. The van der Waals surface area contributed by atoms with Crippen LogP contribution in [0.1, 0.15) is 46.6 Å². The number of nitrogens with one attached hydrogen (secondary N) is 1. The van der Waals surface area contributed by atoms with Gasteiger partial charge in [-0.3, -0.25) is 0 Å². The highest BCUT2D eigenvalue weighted by Crippen LogP contribution is 2.39. The zero-order valence-electron chi connectivity index (χ0n) is 18.0. The van der Waals surface area contributed by atoms with Gasteiger partial charge in [0.2, 0.25) is 0 Å². The quantitative estimate of drug-likeness (QED) is 0.698. The van der Waals surface area contributed by atoms with Crippen LogP contribution in [0.3, 0.4) is 0 Å². The highest BCUT2D eigenvalue weighted by molar-refractivity contribution is 5.68.